The summed E-state index contributed by atoms with van der Waals surface area (Å²) in [4.78, 5) is 0. The molecule has 0 radical (unpaired) electrons. The molecule has 0 aliphatic heterocycles. The molecule has 0 bridgehead atoms. The van der Waals surface area contributed by atoms with E-state index >= 15 is 0 Å². The minimum atomic E-state index is 0. The summed E-state index contributed by atoms with van der Waals surface area (Å²) < 4.78 is 0. The molecule has 108 valence electrons. The van der Waals surface area contributed by atoms with Crippen LogP contribution in [0.5, 0.6) is 0 Å². The van der Waals surface area contributed by atoms with Gasteiger partial charge in [0.15, 0.2) is 0 Å². The second-order valence-electron chi connectivity index (χ2n) is 7.01. The first-order valence-electron chi connectivity index (χ1n) is 7.06. The van der Waals surface area contributed by atoms with Crippen molar-refractivity contribution >= 4 is 0 Å². The van der Waals surface area contributed by atoms with Crippen LogP contribution >= 0.6 is 0 Å². The van der Waals surface area contributed by atoms with Crippen LogP contribution in [0.4, 0.5) is 0 Å². The van der Waals surface area contributed by atoms with Gasteiger partial charge in [-0.1, -0.05) is 52.5 Å². The Balaban J connectivity index is 0.00000200. The topological polar surface area (TPSA) is 23.8 Å². The molecule has 1 aliphatic rings. The van der Waals surface area contributed by atoms with Crippen molar-refractivity contribution in [2.75, 3.05) is 0 Å². The maximum Gasteiger partial charge on any atom is 0.0991 e. The fourth-order valence-electron chi connectivity index (χ4n) is 2.80. The van der Waals surface area contributed by atoms with Gasteiger partial charge in [-0.15, -0.1) is 0 Å². The molecule has 2 unspecified atom stereocenters. The molecule has 0 heterocycles. The first kappa shape index (κ1) is 16.5. The van der Waals surface area contributed by atoms with Crippen molar-refractivity contribution in [1.82, 2.24) is 0 Å². The maximum atomic E-state index is 8.78. The van der Waals surface area contributed by atoms with Crippen LogP contribution in [0.25, 0.3) is 0 Å². The van der Waals surface area contributed by atoms with Crippen LogP contribution in [-0.4, -0.2) is 0 Å². The summed E-state index contributed by atoms with van der Waals surface area (Å²) in [6, 6.07) is 10.2. The minimum absolute atomic E-state index is 0. The second kappa shape index (κ2) is 6.27. The van der Waals surface area contributed by atoms with Gasteiger partial charge in [0, 0.05) is 0 Å². The third-order valence-corrected chi connectivity index (χ3v) is 3.79. The van der Waals surface area contributed by atoms with Crippen molar-refractivity contribution in [2.24, 2.45) is 17.3 Å². The summed E-state index contributed by atoms with van der Waals surface area (Å²) in [7, 11) is 0. The Morgan fingerprint density at radius 3 is 2.40 bits per heavy atom. The van der Waals surface area contributed by atoms with Crippen molar-refractivity contribution in [3.63, 3.8) is 0 Å². The van der Waals surface area contributed by atoms with E-state index in [-0.39, 0.29) is 7.43 Å². The zero-order valence-corrected chi connectivity index (χ0v) is 12.2. The molecular formula is C19H27N. The van der Waals surface area contributed by atoms with Crippen LogP contribution in [0.1, 0.15) is 52.2 Å². The zero-order chi connectivity index (χ0) is 14.0. The molecule has 1 saturated carbocycles. The van der Waals surface area contributed by atoms with E-state index in [1.807, 2.05) is 12.1 Å². The lowest BCUT2D eigenvalue weighted by Gasteiger charge is -2.19. The van der Waals surface area contributed by atoms with E-state index < -0.39 is 0 Å². The maximum absolute atomic E-state index is 8.78. The van der Waals surface area contributed by atoms with E-state index in [0.717, 1.165) is 30.2 Å². The first-order valence-corrected chi connectivity index (χ1v) is 7.06. The standard InChI is InChI=1S/C18H23N.CH4/c1-13(11-18(2,3)4)17-10-16(17)9-14-5-7-15(12-19)8-6-14;/h5-8,16-17H,1,9-11H2,2-4H3;1H4. The number of rotatable bonds is 4. The van der Waals surface area contributed by atoms with Gasteiger partial charge in [-0.25, -0.2) is 0 Å². The van der Waals surface area contributed by atoms with Crippen molar-refractivity contribution in [3.05, 3.63) is 47.5 Å². The van der Waals surface area contributed by atoms with Gasteiger partial charge < -0.3 is 0 Å². The quantitative estimate of drug-likeness (QED) is 0.674. The smallest absolute Gasteiger partial charge is 0.0991 e. The molecule has 0 spiro atoms. The number of nitrogens with zero attached hydrogens (tertiary/aromatic N) is 1. The fourth-order valence-corrected chi connectivity index (χ4v) is 2.80. The predicted molar refractivity (Wildman–Crippen MR) is 86.4 cm³/mol. The van der Waals surface area contributed by atoms with Gasteiger partial charge in [0.1, 0.15) is 0 Å². The van der Waals surface area contributed by atoms with E-state index in [0.29, 0.717) is 5.41 Å². The van der Waals surface area contributed by atoms with Gasteiger partial charge in [0.05, 0.1) is 11.6 Å². The van der Waals surface area contributed by atoms with E-state index in [4.69, 9.17) is 5.26 Å². The SMILES string of the molecule is C.C=C(CC(C)(C)C)C1CC1Cc1ccc(C#N)cc1. The molecule has 0 amide bonds. The molecule has 0 N–H and O–H groups in total. The Morgan fingerprint density at radius 1 is 1.30 bits per heavy atom. The summed E-state index contributed by atoms with van der Waals surface area (Å²) in [5.74, 6) is 1.48. The average Bonchev–Trinajstić information content (AvgIpc) is 3.07. The Kier molecular flexibility index (Phi) is 5.17. The lowest BCUT2D eigenvalue weighted by Crippen LogP contribution is -2.07. The van der Waals surface area contributed by atoms with Gasteiger partial charge in [-0.2, -0.15) is 5.26 Å². The number of benzene rings is 1. The number of allylic oxidation sites excluding steroid dienone is 1. The summed E-state index contributed by atoms with van der Waals surface area (Å²) in [6.07, 6.45) is 3.54. The van der Waals surface area contributed by atoms with Crippen LogP contribution < -0.4 is 0 Å². The molecule has 1 aliphatic carbocycles. The Morgan fingerprint density at radius 2 is 1.90 bits per heavy atom. The van der Waals surface area contributed by atoms with Crippen LogP contribution in [0.3, 0.4) is 0 Å². The highest BCUT2D eigenvalue weighted by atomic mass is 14.4. The first-order chi connectivity index (χ1) is 8.89. The summed E-state index contributed by atoms with van der Waals surface area (Å²) in [5.41, 5.74) is 3.85. The third kappa shape index (κ3) is 4.53. The summed E-state index contributed by atoms with van der Waals surface area (Å²) >= 11 is 0. The van der Waals surface area contributed by atoms with Gasteiger partial charge >= 0.3 is 0 Å². The van der Waals surface area contributed by atoms with Crippen molar-refractivity contribution in [2.45, 2.75) is 47.5 Å². The summed E-state index contributed by atoms with van der Waals surface area (Å²) in [5, 5.41) is 8.78. The molecule has 1 heteroatoms. The molecule has 0 saturated heterocycles. The molecule has 2 atom stereocenters. The molecule has 1 fully saturated rings. The summed E-state index contributed by atoms with van der Waals surface area (Å²) in [6.45, 7) is 11.1. The van der Waals surface area contributed by atoms with E-state index in [2.05, 4.69) is 45.6 Å². The highest BCUT2D eigenvalue weighted by molar-refractivity contribution is 5.32. The third-order valence-electron chi connectivity index (χ3n) is 3.79. The monoisotopic (exact) mass is 269 g/mol. The molecule has 2 rings (SSSR count). The van der Waals surface area contributed by atoms with Crippen LogP contribution in [-0.2, 0) is 6.42 Å². The van der Waals surface area contributed by atoms with Crippen LogP contribution in [0.2, 0.25) is 0 Å². The van der Waals surface area contributed by atoms with Gasteiger partial charge in [-0.3, -0.25) is 0 Å². The molecular weight excluding hydrogens is 242 g/mol. The predicted octanol–water partition coefficient (Wildman–Crippen LogP) is 5.37. The van der Waals surface area contributed by atoms with Gasteiger partial charge in [0.2, 0.25) is 0 Å². The number of nitriles is 1. The Hall–Kier alpha value is -1.55. The average molecular weight is 269 g/mol. The lowest BCUT2D eigenvalue weighted by atomic mass is 9.86. The number of hydrogen-bond donors (Lipinski definition) is 0. The number of hydrogen-bond acceptors (Lipinski definition) is 1. The Labute approximate surface area is 124 Å². The molecule has 0 aromatic heterocycles. The highest BCUT2D eigenvalue weighted by Crippen LogP contribution is 2.48. The minimum Gasteiger partial charge on any atom is -0.192 e. The molecule has 1 aromatic rings. The van der Waals surface area contributed by atoms with Crippen molar-refractivity contribution in [1.29, 1.82) is 5.26 Å². The largest absolute Gasteiger partial charge is 0.192 e. The Bertz CT molecular complexity index is 496. The molecule has 1 nitrogen and oxygen atoms in total. The fraction of sp³-hybridized carbons (Fsp3) is 0.526. The van der Waals surface area contributed by atoms with E-state index in [9.17, 15) is 0 Å². The van der Waals surface area contributed by atoms with E-state index in [1.165, 1.54) is 17.6 Å². The van der Waals surface area contributed by atoms with Crippen LogP contribution in [0.15, 0.2) is 36.4 Å². The second-order valence-corrected chi connectivity index (χ2v) is 7.01. The van der Waals surface area contributed by atoms with Gasteiger partial charge in [0.25, 0.3) is 0 Å². The molecule has 1 aromatic carbocycles. The van der Waals surface area contributed by atoms with Crippen molar-refractivity contribution < 1.29 is 0 Å². The van der Waals surface area contributed by atoms with Gasteiger partial charge in [-0.05, 0) is 54.2 Å². The van der Waals surface area contributed by atoms with Crippen molar-refractivity contribution in [3.8, 4) is 6.07 Å². The van der Waals surface area contributed by atoms with Crippen LogP contribution in [0, 0.1) is 28.6 Å². The normalized spacial score (nSPS) is 20.7. The molecule has 20 heavy (non-hydrogen) atoms. The highest BCUT2D eigenvalue weighted by Gasteiger charge is 2.39. The zero-order valence-electron chi connectivity index (χ0n) is 12.2. The lowest BCUT2D eigenvalue weighted by molar-refractivity contribution is 0.400. The van der Waals surface area contributed by atoms with E-state index in [1.54, 1.807) is 0 Å².